The van der Waals surface area contributed by atoms with Gasteiger partial charge in [-0.05, 0) is 64.2 Å². The maximum Gasteiger partial charge on any atom is 0.149 e. The minimum absolute atomic E-state index is 0.0612. The van der Waals surface area contributed by atoms with Crippen LogP contribution in [0.2, 0.25) is 19.6 Å². The summed E-state index contributed by atoms with van der Waals surface area (Å²) < 4.78 is 2.11. The molecule has 0 aliphatic rings. The lowest BCUT2D eigenvalue weighted by Gasteiger charge is -2.22. The molecule has 6 rings (SSSR count). The van der Waals surface area contributed by atoms with Crippen molar-refractivity contribution in [2.75, 3.05) is 0 Å². The lowest BCUT2D eigenvalue weighted by Crippen LogP contribution is -2.37. The monoisotopic (exact) mass is 568 g/mol. The average Bonchev–Trinajstić information content (AvgIpc) is 3.36. The molecule has 3 heterocycles. The summed E-state index contributed by atoms with van der Waals surface area (Å²) in [5.74, 6) is 0.760. The van der Waals surface area contributed by atoms with Crippen LogP contribution in [0.3, 0.4) is 0 Å². The summed E-state index contributed by atoms with van der Waals surface area (Å²) in [6.07, 6.45) is 5.20. The number of para-hydroxylation sites is 2. The van der Waals surface area contributed by atoms with E-state index in [0.717, 1.165) is 39.1 Å². The summed E-state index contributed by atoms with van der Waals surface area (Å²) in [6, 6.07) is 29.4. The van der Waals surface area contributed by atoms with E-state index in [1.54, 1.807) is 6.20 Å². The van der Waals surface area contributed by atoms with Gasteiger partial charge in [-0.15, -0.1) is 0 Å². The fourth-order valence-electron chi connectivity index (χ4n) is 5.30. The summed E-state index contributed by atoms with van der Waals surface area (Å²) >= 11 is 0. The number of nitrogens with zero attached hydrogens (tertiary/aromatic N) is 4. The number of fused-ring (bicyclic) bond motifs is 1. The van der Waals surface area contributed by atoms with Gasteiger partial charge in [0.25, 0.3) is 0 Å². The Hall–Kier alpha value is -4.55. The van der Waals surface area contributed by atoms with Gasteiger partial charge in [-0.3, -0.25) is 14.5 Å². The maximum atomic E-state index is 10.8. The molecule has 210 valence electrons. The Morgan fingerprint density at radius 2 is 1.52 bits per heavy atom. The van der Waals surface area contributed by atoms with Crippen molar-refractivity contribution in [3.05, 3.63) is 109 Å². The first-order chi connectivity index (χ1) is 20.0. The molecule has 3 aromatic heterocycles. The van der Waals surface area contributed by atoms with E-state index in [0.29, 0.717) is 11.4 Å². The first-order valence-corrected chi connectivity index (χ1v) is 17.8. The third-order valence-electron chi connectivity index (χ3n) is 7.78. The van der Waals surface area contributed by atoms with Gasteiger partial charge < -0.3 is 5.11 Å². The highest BCUT2D eigenvalue weighted by Gasteiger charge is 2.22. The number of pyridine rings is 2. The Bertz CT molecular complexity index is 1900. The molecule has 0 unspecified atom stereocenters. The van der Waals surface area contributed by atoms with E-state index in [2.05, 4.69) is 117 Å². The second-order valence-electron chi connectivity index (χ2n) is 12.9. The highest BCUT2D eigenvalue weighted by Crippen LogP contribution is 2.39. The molecule has 3 aromatic carbocycles. The molecule has 0 bridgehead atoms. The summed E-state index contributed by atoms with van der Waals surface area (Å²) in [5.41, 5.74) is 8.78. The summed E-state index contributed by atoms with van der Waals surface area (Å²) in [7, 11) is -1.45. The van der Waals surface area contributed by atoms with Crippen LogP contribution in [0, 0.1) is 0 Å². The molecule has 0 aliphatic carbocycles. The SMILES string of the molecule is CC(C)(C)c1cc(-c2ccc([Si](C)(C)C)cn2)cc(-c2cccc3c2nc(-c2ccncc2O)n3-c2ccccc2)c1. The fraction of sp³-hybridized carbons (Fsp3) is 0.194. The Kier molecular flexibility index (Phi) is 6.82. The molecule has 5 nitrogen and oxygen atoms in total. The van der Waals surface area contributed by atoms with Crippen molar-refractivity contribution in [1.29, 1.82) is 0 Å². The van der Waals surface area contributed by atoms with Gasteiger partial charge in [0.1, 0.15) is 11.6 Å². The normalized spacial score (nSPS) is 12.1. The predicted molar refractivity (Wildman–Crippen MR) is 176 cm³/mol. The number of aromatic nitrogens is 4. The van der Waals surface area contributed by atoms with E-state index in [9.17, 15) is 5.11 Å². The highest BCUT2D eigenvalue weighted by atomic mass is 28.3. The van der Waals surface area contributed by atoms with Crippen LogP contribution in [0.1, 0.15) is 26.3 Å². The van der Waals surface area contributed by atoms with Crippen molar-refractivity contribution >= 4 is 24.3 Å². The van der Waals surface area contributed by atoms with Crippen LogP contribution in [-0.2, 0) is 5.41 Å². The van der Waals surface area contributed by atoms with Gasteiger partial charge in [0.2, 0.25) is 0 Å². The van der Waals surface area contributed by atoms with Crippen LogP contribution in [-0.4, -0.2) is 32.7 Å². The lowest BCUT2D eigenvalue weighted by atomic mass is 9.83. The molecule has 42 heavy (non-hydrogen) atoms. The number of benzene rings is 3. The number of hydrogen-bond acceptors (Lipinski definition) is 4. The van der Waals surface area contributed by atoms with Crippen molar-refractivity contribution in [3.8, 4) is 45.2 Å². The van der Waals surface area contributed by atoms with Crippen molar-refractivity contribution in [2.45, 2.75) is 45.8 Å². The second-order valence-corrected chi connectivity index (χ2v) is 18.0. The highest BCUT2D eigenvalue weighted by molar-refractivity contribution is 6.88. The third-order valence-corrected chi connectivity index (χ3v) is 9.80. The zero-order valence-electron chi connectivity index (χ0n) is 25.1. The zero-order chi connectivity index (χ0) is 29.6. The van der Waals surface area contributed by atoms with Gasteiger partial charge in [-0.25, -0.2) is 4.98 Å². The lowest BCUT2D eigenvalue weighted by molar-refractivity contribution is 0.474. The quantitative estimate of drug-likeness (QED) is 0.212. The molecule has 1 N–H and O–H groups in total. The largest absolute Gasteiger partial charge is 0.506 e. The molecular formula is C36H36N4OSi. The number of rotatable bonds is 5. The third kappa shape index (κ3) is 5.14. The van der Waals surface area contributed by atoms with E-state index in [1.807, 2.05) is 24.3 Å². The molecule has 0 radical (unpaired) electrons. The summed E-state index contributed by atoms with van der Waals surface area (Å²) in [6.45, 7) is 13.8. The maximum absolute atomic E-state index is 10.8. The molecule has 0 fully saturated rings. The Morgan fingerprint density at radius 1 is 0.762 bits per heavy atom. The standard InChI is InChI=1S/C36H36N4OSi/c1-36(2,3)26-20-24(19-25(21-26)31-16-15-28(22-38-31)42(4,5)6)29-13-10-14-32-34(29)39-35(30-17-18-37-23-33(30)41)40(32)27-11-8-7-9-12-27/h7-23,41H,1-6H3. The van der Waals surface area contributed by atoms with Crippen LogP contribution in [0.25, 0.3) is 50.5 Å². The van der Waals surface area contributed by atoms with Crippen molar-refractivity contribution in [3.63, 3.8) is 0 Å². The predicted octanol–water partition coefficient (Wildman–Crippen LogP) is 8.36. The van der Waals surface area contributed by atoms with E-state index in [-0.39, 0.29) is 11.2 Å². The number of hydrogen-bond donors (Lipinski definition) is 1. The Labute approximate surface area is 248 Å². The first kappa shape index (κ1) is 27.6. The molecule has 0 saturated heterocycles. The molecule has 6 heteroatoms. The number of imidazole rings is 1. The van der Waals surface area contributed by atoms with Crippen LogP contribution in [0.5, 0.6) is 5.75 Å². The molecular weight excluding hydrogens is 533 g/mol. The van der Waals surface area contributed by atoms with Crippen molar-refractivity contribution in [1.82, 2.24) is 19.5 Å². The molecule has 0 saturated carbocycles. The Balaban J connectivity index is 1.60. The van der Waals surface area contributed by atoms with Gasteiger partial charge >= 0.3 is 0 Å². The summed E-state index contributed by atoms with van der Waals surface area (Å²) in [5, 5.41) is 12.1. The zero-order valence-corrected chi connectivity index (χ0v) is 26.1. The fourth-order valence-corrected chi connectivity index (χ4v) is 6.33. The number of aromatic hydroxyl groups is 1. The molecule has 0 aliphatic heterocycles. The van der Waals surface area contributed by atoms with E-state index in [1.165, 1.54) is 16.9 Å². The smallest absolute Gasteiger partial charge is 0.149 e. The van der Waals surface area contributed by atoms with Crippen LogP contribution < -0.4 is 5.19 Å². The average molecular weight is 569 g/mol. The van der Waals surface area contributed by atoms with Crippen LogP contribution in [0.4, 0.5) is 0 Å². The second kappa shape index (κ2) is 10.4. The summed E-state index contributed by atoms with van der Waals surface area (Å²) in [4.78, 5) is 14.2. The topological polar surface area (TPSA) is 63.8 Å². The van der Waals surface area contributed by atoms with Gasteiger partial charge in [-0.2, -0.15) is 0 Å². The van der Waals surface area contributed by atoms with E-state index < -0.39 is 8.07 Å². The minimum Gasteiger partial charge on any atom is -0.506 e. The van der Waals surface area contributed by atoms with Crippen LogP contribution >= 0.6 is 0 Å². The molecule has 0 spiro atoms. The van der Waals surface area contributed by atoms with Crippen molar-refractivity contribution < 1.29 is 5.11 Å². The van der Waals surface area contributed by atoms with Gasteiger partial charge in [0.15, 0.2) is 0 Å². The van der Waals surface area contributed by atoms with E-state index >= 15 is 0 Å². The molecule has 0 amide bonds. The minimum atomic E-state index is -1.45. The molecule has 0 atom stereocenters. The van der Waals surface area contributed by atoms with E-state index in [4.69, 9.17) is 9.97 Å². The van der Waals surface area contributed by atoms with Crippen molar-refractivity contribution in [2.24, 2.45) is 0 Å². The molecule has 6 aromatic rings. The van der Waals surface area contributed by atoms with Gasteiger partial charge in [0, 0.05) is 29.2 Å². The first-order valence-electron chi connectivity index (χ1n) is 14.3. The van der Waals surface area contributed by atoms with Gasteiger partial charge in [0.05, 0.1) is 36.6 Å². The van der Waals surface area contributed by atoms with Gasteiger partial charge in [-0.1, -0.05) is 82.9 Å². The Morgan fingerprint density at radius 3 is 2.19 bits per heavy atom. The van der Waals surface area contributed by atoms with Crippen LogP contribution in [0.15, 0.2) is 104 Å².